The van der Waals surface area contributed by atoms with Crippen molar-refractivity contribution < 1.29 is 49.7 Å². The van der Waals surface area contributed by atoms with Crippen molar-refractivity contribution in [2.24, 2.45) is 0 Å². The van der Waals surface area contributed by atoms with Gasteiger partial charge in [0, 0.05) is 66.7 Å². The zero-order chi connectivity index (χ0) is 41.8. The van der Waals surface area contributed by atoms with Crippen LogP contribution in [-0.4, -0.2) is 77.9 Å². The molecular formula is C42H54N3O10S2+. The zero-order valence-corrected chi connectivity index (χ0v) is 35.0. The predicted molar refractivity (Wildman–Crippen MR) is 218 cm³/mol. The average Bonchev–Trinajstić information content (AvgIpc) is 3.65. The first-order valence-corrected chi connectivity index (χ1v) is 22.6. The van der Waals surface area contributed by atoms with E-state index in [1.807, 2.05) is 63.3 Å². The number of carbonyl (C=O) groups is 3. The van der Waals surface area contributed by atoms with E-state index in [-0.39, 0.29) is 36.3 Å². The Bertz CT molecular complexity index is 2240. The third-order valence-corrected chi connectivity index (χ3v) is 12.7. The first kappa shape index (κ1) is 43.7. The second kappa shape index (κ2) is 17.6. The first-order valence-electron chi connectivity index (χ1n) is 19.5. The van der Waals surface area contributed by atoms with E-state index in [0.717, 1.165) is 65.3 Å². The summed E-state index contributed by atoms with van der Waals surface area (Å²) in [7, 11) is -8.54. The van der Waals surface area contributed by atoms with Crippen LogP contribution < -0.4 is 4.90 Å². The molecule has 1 saturated heterocycles. The number of nitrogens with zero attached hydrogens (tertiary/aromatic N) is 3. The smallest absolute Gasteiger partial charge is 0.333 e. The number of benzene rings is 2. The van der Waals surface area contributed by atoms with E-state index in [1.54, 1.807) is 12.1 Å². The van der Waals surface area contributed by atoms with Gasteiger partial charge in [0.05, 0.1) is 16.1 Å². The van der Waals surface area contributed by atoms with Crippen LogP contribution in [0.3, 0.4) is 0 Å². The van der Waals surface area contributed by atoms with Crippen LogP contribution in [0.1, 0.15) is 109 Å². The fraction of sp³-hybridized carbons (Fsp3) is 0.476. The molecule has 0 spiro atoms. The summed E-state index contributed by atoms with van der Waals surface area (Å²) in [6.45, 7) is 11.4. The maximum Gasteiger partial charge on any atom is 0.333 e. The van der Waals surface area contributed by atoms with Crippen molar-refractivity contribution in [3.05, 3.63) is 89.2 Å². The minimum Gasteiger partial charge on any atom is -0.344 e. The van der Waals surface area contributed by atoms with E-state index in [9.17, 15) is 40.3 Å². The van der Waals surface area contributed by atoms with Gasteiger partial charge < -0.3 is 9.74 Å². The summed E-state index contributed by atoms with van der Waals surface area (Å²) in [5.74, 6) is -2.04. The molecule has 1 unspecified atom stereocenters. The Morgan fingerprint density at radius 1 is 0.895 bits per heavy atom. The summed E-state index contributed by atoms with van der Waals surface area (Å²) in [6, 6.07) is 10.9. The minimum absolute atomic E-state index is 0.0343. The highest BCUT2D eigenvalue weighted by Gasteiger charge is 2.45. The number of allylic oxidation sites excluding steroid dienone is 6. The Balaban J connectivity index is 1.40. The van der Waals surface area contributed by atoms with E-state index in [0.29, 0.717) is 30.9 Å². The van der Waals surface area contributed by atoms with Gasteiger partial charge >= 0.3 is 5.97 Å². The van der Waals surface area contributed by atoms with Crippen molar-refractivity contribution in [3.8, 4) is 0 Å². The lowest BCUT2D eigenvalue weighted by Crippen LogP contribution is -2.32. The van der Waals surface area contributed by atoms with E-state index in [4.69, 9.17) is 4.84 Å². The lowest BCUT2D eigenvalue weighted by Gasteiger charge is -2.30. The molecule has 2 aromatic carbocycles. The summed E-state index contributed by atoms with van der Waals surface area (Å²) in [4.78, 5) is 43.1. The summed E-state index contributed by atoms with van der Waals surface area (Å²) in [5.41, 5.74) is 5.71. The number of aryl methyl sites for hydroxylation is 1. The van der Waals surface area contributed by atoms with Crippen LogP contribution in [0.5, 0.6) is 0 Å². The van der Waals surface area contributed by atoms with Gasteiger partial charge in [0.15, 0.2) is 5.71 Å². The molecule has 0 saturated carbocycles. The number of amides is 2. The minimum atomic E-state index is -4.38. The molecule has 1 fully saturated rings. The predicted octanol–water partition coefficient (Wildman–Crippen LogP) is 7.03. The second-order valence-corrected chi connectivity index (χ2v) is 18.7. The molecule has 0 radical (unpaired) electrons. The van der Waals surface area contributed by atoms with Crippen molar-refractivity contribution in [2.75, 3.05) is 23.7 Å². The topological polar surface area (TPSA) is 179 Å². The Labute approximate surface area is 336 Å². The Morgan fingerprint density at radius 2 is 1.61 bits per heavy atom. The fourth-order valence-electron chi connectivity index (χ4n) is 8.04. The zero-order valence-electron chi connectivity index (χ0n) is 33.4. The normalized spacial score (nSPS) is 20.2. The van der Waals surface area contributed by atoms with Gasteiger partial charge in [-0.05, 0) is 76.8 Å². The molecule has 13 nitrogen and oxygen atoms in total. The standard InChI is InChI=1S/C42H53N3O10S2/c1-6-7-25-43-34-21-19-31(57(52,53)54)29-32(34)41(3,4)36(43)15-10-8-11-16-37-42(5,24-13-9-12-17-40(48)55-45-38(46)22-23-39(45)47)33-28-30(2)18-20-35(33)44(37)26-14-27-56(49,50)51/h8,10-11,15-16,18-21,28-29H,6-7,9,12-14,17,22-27H2,1-5H3,(H-,49,50,51,52,53,54)/p+1. The third kappa shape index (κ3) is 10.00. The number of imide groups is 1. The second-order valence-electron chi connectivity index (χ2n) is 15.7. The molecule has 1 atom stereocenters. The molecule has 0 aliphatic carbocycles. The Hall–Kier alpha value is -4.44. The van der Waals surface area contributed by atoms with Crippen LogP contribution in [0.2, 0.25) is 0 Å². The quantitative estimate of drug-likeness (QED) is 0.0519. The van der Waals surface area contributed by atoms with Gasteiger partial charge in [-0.25, -0.2) is 4.79 Å². The van der Waals surface area contributed by atoms with Crippen LogP contribution >= 0.6 is 0 Å². The van der Waals surface area contributed by atoms with Crippen LogP contribution in [0.4, 0.5) is 11.4 Å². The first-order chi connectivity index (χ1) is 26.8. The number of hydroxylamine groups is 2. The van der Waals surface area contributed by atoms with Crippen molar-refractivity contribution in [1.82, 2.24) is 5.06 Å². The maximum atomic E-state index is 12.4. The maximum absolute atomic E-state index is 12.4. The summed E-state index contributed by atoms with van der Waals surface area (Å²) >= 11 is 0. The number of carbonyl (C=O) groups excluding carboxylic acids is 3. The van der Waals surface area contributed by atoms with Crippen molar-refractivity contribution in [1.29, 1.82) is 0 Å². The number of unbranched alkanes of at least 4 members (excludes halogenated alkanes) is 3. The Kier molecular flexibility index (Phi) is 13.5. The van der Waals surface area contributed by atoms with Crippen LogP contribution in [0.25, 0.3) is 0 Å². The molecule has 2 aromatic rings. The van der Waals surface area contributed by atoms with Gasteiger partial charge in [-0.2, -0.15) is 21.4 Å². The van der Waals surface area contributed by atoms with Gasteiger partial charge in [0.1, 0.15) is 6.54 Å². The highest BCUT2D eigenvalue weighted by atomic mass is 32.2. The lowest BCUT2D eigenvalue weighted by molar-refractivity contribution is -0.438. The largest absolute Gasteiger partial charge is 0.344 e. The monoisotopic (exact) mass is 824 g/mol. The third-order valence-electron chi connectivity index (χ3n) is 11.1. The summed E-state index contributed by atoms with van der Waals surface area (Å²) in [6.07, 6.45) is 14.7. The number of hydrogen-bond acceptors (Lipinski definition) is 9. The van der Waals surface area contributed by atoms with Crippen molar-refractivity contribution in [3.63, 3.8) is 0 Å². The van der Waals surface area contributed by atoms with Gasteiger partial charge in [-0.3, -0.25) is 18.7 Å². The molecule has 15 heteroatoms. The molecule has 57 heavy (non-hydrogen) atoms. The number of hydrogen-bond donors (Lipinski definition) is 2. The van der Waals surface area contributed by atoms with E-state index >= 15 is 0 Å². The van der Waals surface area contributed by atoms with Crippen LogP contribution in [0.15, 0.2) is 77.4 Å². The lowest BCUT2D eigenvalue weighted by atomic mass is 9.76. The number of anilines is 1. The molecule has 3 aliphatic heterocycles. The molecular weight excluding hydrogens is 771 g/mol. The van der Waals surface area contributed by atoms with Gasteiger partial charge in [-0.15, -0.1) is 5.06 Å². The fourth-order valence-corrected chi connectivity index (χ4v) is 9.04. The molecule has 308 valence electrons. The number of fused-ring (bicyclic) bond motifs is 2. The van der Waals surface area contributed by atoms with Gasteiger partial charge in [0.25, 0.3) is 32.1 Å². The van der Waals surface area contributed by atoms with Gasteiger partial charge in [0.2, 0.25) is 5.69 Å². The van der Waals surface area contributed by atoms with Crippen molar-refractivity contribution in [2.45, 2.75) is 115 Å². The van der Waals surface area contributed by atoms with Crippen molar-refractivity contribution >= 4 is 55.1 Å². The molecule has 0 aromatic heterocycles. The highest BCUT2D eigenvalue weighted by Crippen LogP contribution is 2.51. The number of rotatable bonds is 18. The molecule has 2 N–H and O–H groups in total. The summed E-state index contributed by atoms with van der Waals surface area (Å²) < 4.78 is 68.8. The van der Waals surface area contributed by atoms with E-state index in [2.05, 4.69) is 29.4 Å². The van der Waals surface area contributed by atoms with Crippen LogP contribution in [-0.2, 0) is 50.3 Å². The van der Waals surface area contributed by atoms with Gasteiger partial charge in [-0.1, -0.05) is 62.1 Å². The van der Waals surface area contributed by atoms with Crippen LogP contribution in [0, 0.1) is 6.92 Å². The molecule has 3 aliphatic rings. The molecule has 2 amide bonds. The molecule has 3 heterocycles. The van der Waals surface area contributed by atoms with E-state index in [1.165, 1.54) is 6.07 Å². The van der Waals surface area contributed by atoms with E-state index < -0.39 is 48.8 Å². The average molecular weight is 825 g/mol. The Morgan fingerprint density at radius 3 is 2.28 bits per heavy atom. The molecule has 0 bridgehead atoms. The highest BCUT2D eigenvalue weighted by molar-refractivity contribution is 7.86. The molecule has 5 rings (SSSR count). The summed E-state index contributed by atoms with van der Waals surface area (Å²) in [5, 5.41) is 0.564. The SMILES string of the molecule is CCCC[N+]1=C(/C=C/C=C/C=C2/N(CCCS(=O)(=O)O)c3ccc(C)cc3C2(C)CCCCCC(=O)ON2C(=O)CCC2=O)C(C)(C)c2cc(S(=O)(=O)O)ccc21.